The van der Waals surface area contributed by atoms with E-state index in [1.54, 1.807) is 18.2 Å². The number of allylic oxidation sites excluding steroid dienone is 1. The summed E-state index contributed by atoms with van der Waals surface area (Å²) in [5.74, 6) is 0.810. The number of ketones is 2. The predicted octanol–water partition coefficient (Wildman–Crippen LogP) is 5.36. The highest BCUT2D eigenvalue weighted by Crippen LogP contribution is 2.26. The highest BCUT2D eigenvalue weighted by Gasteiger charge is 2.10. The van der Waals surface area contributed by atoms with Crippen LogP contribution in [0, 0.1) is 5.92 Å². The number of phenolic OH excluding ortho intramolecular Hbond substituents is 1. The molecule has 0 aliphatic rings. The lowest BCUT2D eigenvalue weighted by atomic mass is 9.93. The van der Waals surface area contributed by atoms with Crippen molar-refractivity contribution in [1.82, 2.24) is 5.32 Å². The third kappa shape index (κ3) is 10.5. The lowest BCUT2D eigenvalue weighted by Crippen LogP contribution is -2.19. The van der Waals surface area contributed by atoms with Gasteiger partial charge in [0.2, 0.25) is 0 Å². The summed E-state index contributed by atoms with van der Waals surface area (Å²) in [4.78, 5) is 24.2. The highest BCUT2D eigenvalue weighted by molar-refractivity contribution is 6.06. The predicted molar refractivity (Wildman–Crippen MR) is 134 cm³/mol. The standard InChI is InChI=1S/C28H37NO4/c1-29-21-24(14-13-22-9-5-3-6-10-22)11-7-4-8-12-25(30)20-26(31)17-15-23-16-18-27(32)28(19-23)33-2/h3,5-6,9-10,15-19,24,29,32H,4,7-8,11-14,20-21H2,1-2H3/t24-/m1/s1. The van der Waals surface area contributed by atoms with Crippen molar-refractivity contribution in [2.45, 2.75) is 51.4 Å². The van der Waals surface area contributed by atoms with Crippen molar-refractivity contribution in [3.8, 4) is 11.5 Å². The Balaban J connectivity index is 1.63. The zero-order valence-corrected chi connectivity index (χ0v) is 19.9. The molecule has 0 unspecified atom stereocenters. The van der Waals surface area contributed by atoms with E-state index in [1.807, 2.05) is 13.1 Å². The molecule has 0 aromatic heterocycles. The van der Waals surface area contributed by atoms with Gasteiger partial charge in [0, 0.05) is 6.42 Å². The minimum atomic E-state index is -0.206. The Morgan fingerprint density at radius 2 is 1.85 bits per heavy atom. The monoisotopic (exact) mass is 451 g/mol. The van der Waals surface area contributed by atoms with Crippen LogP contribution in [0.25, 0.3) is 6.08 Å². The number of rotatable bonds is 16. The van der Waals surface area contributed by atoms with Crippen LogP contribution in [0.1, 0.15) is 56.1 Å². The van der Waals surface area contributed by atoms with Crippen LogP contribution in [-0.2, 0) is 16.0 Å². The molecular weight excluding hydrogens is 414 g/mol. The number of carbonyl (C=O) groups excluding carboxylic acids is 2. The Morgan fingerprint density at radius 1 is 1.06 bits per heavy atom. The van der Waals surface area contributed by atoms with Crippen molar-refractivity contribution in [3.63, 3.8) is 0 Å². The maximum atomic E-state index is 12.2. The average Bonchev–Trinajstić information content (AvgIpc) is 2.82. The molecule has 2 N–H and O–H groups in total. The second-order valence-electron chi connectivity index (χ2n) is 8.49. The average molecular weight is 452 g/mol. The molecular formula is C28H37NO4. The first-order valence-electron chi connectivity index (χ1n) is 11.8. The second-order valence-corrected chi connectivity index (χ2v) is 8.49. The van der Waals surface area contributed by atoms with Gasteiger partial charge in [0.25, 0.3) is 0 Å². The van der Waals surface area contributed by atoms with E-state index in [9.17, 15) is 14.7 Å². The molecule has 0 amide bonds. The zero-order chi connectivity index (χ0) is 23.9. The molecule has 1 atom stereocenters. The smallest absolute Gasteiger partial charge is 0.163 e. The molecule has 0 heterocycles. The topological polar surface area (TPSA) is 75.6 Å². The SMILES string of the molecule is CNC[C@H](CCCCCC(=O)CC(=O)C=Cc1ccc(O)c(OC)c1)CCc1ccccc1. The molecule has 5 nitrogen and oxygen atoms in total. The van der Waals surface area contributed by atoms with Crippen molar-refractivity contribution < 1.29 is 19.4 Å². The Hall–Kier alpha value is -2.92. The van der Waals surface area contributed by atoms with Gasteiger partial charge in [-0.1, -0.05) is 55.3 Å². The molecule has 33 heavy (non-hydrogen) atoms. The number of hydrogen-bond donors (Lipinski definition) is 2. The molecule has 0 saturated heterocycles. The van der Waals surface area contributed by atoms with E-state index in [4.69, 9.17) is 4.74 Å². The summed E-state index contributed by atoms with van der Waals surface area (Å²) in [7, 11) is 3.47. The Bertz CT molecular complexity index is 892. The van der Waals surface area contributed by atoms with Crippen molar-refractivity contribution >= 4 is 17.6 Å². The van der Waals surface area contributed by atoms with E-state index in [-0.39, 0.29) is 23.7 Å². The summed E-state index contributed by atoms with van der Waals surface area (Å²) in [6, 6.07) is 15.4. The van der Waals surface area contributed by atoms with Crippen molar-refractivity contribution in [3.05, 3.63) is 65.7 Å². The molecule has 2 aromatic rings. The lowest BCUT2D eigenvalue weighted by molar-refractivity contribution is -0.124. The third-order valence-electron chi connectivity index (χ3n) is 5.78. The molecule has 0 saturated carbocycles. The van der Waals surface area contributed by atoms with Crippen LogP contribution < -0.4 is 10.1 Å². The summed E-state index contributed by atoms with van der Waals surface area (Å²) in [6.45, 7) is 1.01. The first-order chi connectivity index (χ1) is 16.0. The molecule has 5 heteroatoms. The summed E-state index contributed by atoms with van der Waals surface area (Å²) in [5, 5.41) is 12.9. The molecule has 2 aromatic carbocycles. The van der Waals surface area contributed by atoms with Crippen molar-refractivity contribution in [1.29, 1.82) is 0 Å². The normalized spacial score (nSPS) is 12.1. The maximum absolute atomic E-state index is 12.2. The number of phenols is 1. The fraction of sp³-hybridized carbons (Fsp3) is 0.429. The van der Waals surface area contributed by atoms with E-state index in [1.165, 1.54) is 24.8 Å². The quantitative estimate of drug-likeness (QED) is 0.204. The van der Waals surface area contributed by atoms with Gasteiger partial charge in [-0.25, -0.2) is 0 Å². The number of nitrogens with one attached hydrogen (secondary N) is 1. The van der Waals surface area contributed by atoms with Gasteiger partial charge in [-0.3, -0.25) is 9.59 Å². The molecule has 178 valence electrons. The Kier molecular flexibility index (Phi) is 12.0. The Labute approximate surface area is 197 Å². The molecule has 0 aliphatic heterocycles. The van der Waals surface area contributed by atoms with E-state index in [0.29, 0.717) is 18.1 Å². The van der Waals surface area contributed by atoms with Crippen LogP contribution in [-0.4, -0.2) is 37.4 Å². The molecule has 0 fully saturated rings. The number of aromatic hydroxyl groups is 1. The lowest BCUT2D eigenvalue weighted by Gasteiger charge is -2.16. The molecule has 0 aliphatic carbocycles. The molecule has 0 bridgehead atoms. The summed E-state index contributed by atoms with van der Waals surface area (Å²) in [5.41, 5.74) is 2.11. The number of aryl methyl sites for hydroxylation is 1. The molecule has 0 spiro atoms. The van der Waals surface area contributed by atoms with Crippen molar-refractivity contribution in [2.24, 2.45) is 5.92 Å². The largest absolute Gasteiger partial charge is 0.504 e. The summed E-state index contributed by atoms with van der Waals surface area (Å²) >= 11 is 0. The van der Waals surface area contributed by atoms with Gasteiger partial charge in [-0.2, -0.15) is 0 Å². The number of unbranched alkanes of at least 4 members (excludes halogenated alkanes) is 2. The number of hydrogen-bond acceptors (Lipinski definition) is 5. The maximum Gasteiger partial charge on any atom is 0.163 e. The van der Waals surface area contributed by atoms with Crippen LogP contribution >= 0.6 is 0 Å². The van der Waals surface area contributed by atoms with Gasteiger partial charge >= 0.3 is 0 Å². The van der Waals surface area contributed by atoms with Crippen LogP contribution in [0.3, 0.4) is 0 Å². The van der Waals surface area contributed by atoms with Gasteiger partial charge in [-0.15, -0.1) is 0 Å². The van der Waals surface area contributed by atoms with Crippen molar-refractivity contribution in [2.75, 3.05) is 20.7 Å². The summed E-state index contributed by atoms with van der Waals surface area (Å²) < 4.78 is 5.06. The minimum absolute atomic E-state index is 0.0104. The van der Waals surface area contributed by atoms with Crippen LogP contribution in [0.4, 0.5) is 0 Å². The number of ether oxygens (including phenoxy) is 1. The van der Waals surface area contributed by atoms with Crippen LogP contribution in [0.2, 0.25) is 0 Å². The minimum Gasteiger partial charge on any atom is -0.504 e. The first-order valence-corrected chi connectivity index (χ1v) is 11.8. The van der Waals surface area contributed by atoms with Crippen LogP contribution in [0.5, 0.6) is 11.5 Å². The van der Waals surface area contributed by atoms with E-state index in [0.717, 1.165) is 50.6 Å². The number of Topliss-reactive ketones (excluding diaryl/α,β-unsaturated/α-hetero) is 1. The number of benzene rings is 2. The third-order valence-corrected chi connectivity index (χ3v) is 5.78. The van der Waals surface area contributed by atoms with Gasteiger partial charge in [0.15, 0.2) is 17.3 Å². The molecule has 0 radical (unpaired) electrons. The fourth-order valence-electron chi connectivity index (χ4n) is 3.91. The Morgan fingerprint density at radius 3 is 2.58 bits per heavy atom. The zero-order valence-electron chi connectivity index (χ0n) is 19.9. The van der Waals surface area contributed by atoms with Gasteiger partial charge in [0.1, 0.15) is 5.78 Å². The highest BCUT2D eigenvalue weighted by atomic mass is 16.5. The summed E-state index contributed by atoms with van der Waals surface area (Å²) in [6.07, 6.45) is 9.79. The number of methoxy groups -OCH3 is 1. The van der Waals surface area contributed by atoms with E-state index >= 15 is 0 Å². The first kappa shape index (κ1) is 26.3. The van der Waals surface area contributed by atoms with E-state index in [2.05, 4.69) is 29.6 Å². The fourth-order valence-corrected chi connectivity index (χ4v) is 3.91. The van der Waals surface area contributed by atoms with Gasteiger partial charge < -0.3 is 15.2 Å². The van der Waals surface area contributed by atoms with Gasteiger partial charge in [0.05, 0.1) is 13.5 Å². The van der Waals surface area contributed by atoms with Crippen LogP contribution in [0.15, 0.2) is 54.6 Å². The second kappa shape index (κ2) is 15.0. The van der Waals surface area contributed by atoms with E-state index < -0.39 is 0 Å². The number of carbonyl (C=O) groups is 2. The molecule has 2 rings (SSSR count). The van der Waals surface area contributed by atoms with Gasteiger partial charge in [-0.05, 0) is 74.5 Å².